The molecule has 0 unspecified atom stereocenters. The number of nitrogens with zero attached hydrogens (tertiary/aromatic N) is 3. The molecule has 0 bridgehead atoms. The van der Waals surface area contributed by atoms with Gasteiger partial charge in [0.2, 0.25) is 5.16 Å². The van der Waals surface area contributed by atoms with Crippen molar-refractivity contribution in [3.05, 3.63) is 41.4 Å². The minimum atomic E-state index is 0.527. The van der Waals surface area contributed by atoms with Crippen LogP contribution in [0.2, 0.25) is 0 Å². The Morgan fingerprint density at radius 1 is 1.41 bits per heavy atom. The van der Waals surface area contributed by atoms with Crippen molar-refractivity contribution in [1.29, 1.82) is 0 Å². The Labute approximate surface area is 142 Å². The fourth-order valence-electron chi connectivity index (χ4n) is 1.41. The van der Waals surface area contributed by atoms with Crippen LogP contribution in [-0.2, 0) is 5.75 Å². The predicted octanol–water partition coefficient (Wildman–Crippen LogP) is 3.78. The number of ether oxygens (including phenoxy) is 1. The molecule has 0 aliphatic rings. The molecule has 0 fully saturated rings. The number of benzene rings is 1. The first kappa shape index (κ1) is 16.9. The van der Waals surface area contributed by atoms with Crippen LogP contribution in [0.4, 0.5) is 0 Å². The third kappa shape index (κ3) is 5.70. The van der Waals surface area contributed by atoms with Crippen molar-refractivity contribution >= 4 is 40.9 Å². The van der Waals surface area contributed by atoms with Gasteiger partial charge in [-0.05, 0) is 41.6 Å². The molecule has 1 aromatic heterocycles. The molecular formula is C14H16N4OS3. The number of aliphatic imine (C=N–C) groups is 1. The Hall–Kier alpha value is -1.51. The highest BCUT2D eigenvalue weighted by molar-refractivity contribution is 8.02. The third-order valence-corrected chi connectivity index (χ3v) is 5.09. The van der Waals surface area contributed by atoms with E-state index in [4.69, 9.17) is 10.5 Å². The summed E-state index contributed by atoms with van der Waals surface area (Å²) in [5.41, 5.74) is 6.66. The second-order valence-corrected chi connectivity index (χ2v) is 7.00. The molecule has 8 heteroatoms. The SMILES string of the molecule is COc1ccc(CSc2nc(S/C=C/N=C(C)N)ns2)cc1. The summed E-state index contributed by atoms with van der Waals surface area (Å²) in [7, 11) is 1.67. The highest BCUT2D eigenvalue weighted by Crippen LogP contribution is 2.28. The van der Waals surface area contributed by atoms with Gasteiger partial charge in [0.05, 0.1) is 12.9 Å². The Balaban J connectivity index is 1.83. The van der Waals surface area contributed by atoms with Crippen molar-refractivity contribution in [3.8, 4) is 5.75 Å². The first-order valence-electron chi connectivity index (χ1n) is 6.38. The molecule has 2 N–H and O–H groups in total. The quantitative estimate of drug-likeness (QED) is 0.464. The summed E-state index contributed by atoms with van der Waals surface area (Å²) in [6.45, 7) is 1.74. The van der Waals surface area contributed by atoms with Crippen molar-refractivity contribution in [1.82, 2.24) is 9.36 Å². The summed E-state index contributed by atoms with van der Waals surface area (Å²) < 4.78 is 10.4. The van der Waals surface area contributed by atoms with Gasteiger partial charge in [0.25, 0.3) is 0 Å². The van der Waals surface area contributed by atoms with Crippen LogP contribution >= 0.6 is 35.1 Å². The molecule has 1 aromatic carbocycles. The van der Waals surface area contributed by atoms with E-state index in [1.165, 1.54) is 28.9 Å². The number of hydrogen-bond donors (Lipinski definition) is 1. The second-order valence-electron chi connectivity index (χ2n) is 4.15. The largest absolute Gasteiger partial charge is 0.497 e. The van der Waals surface area contributed by atoms with Crippen LogP contribution in [-0.4, -0.2) is 22.3 Å². The highest BCUT2D eigenvalue weighted by atomic mass is 32.2. The first-order valence-corrected chi connectivity index (χ1v) is 9.02. The lowest BCUT2D eigenvalue weighted by Crippen LogP contribution is -2.03. The van der Waals surface area contributed by atoms with Crippen molar-refractivity contribution in [2.24, 2.45) is 10.7 Å². The van der Waals surface area contributed by atoms with Crippen LogP contribution in [0.15, 0.2) is 50.4 Å². The Morgan fingerprint density at radius 2 is 2.18 bits per heavy atom. The minimum absolute atomic E-state index is 0.527. The van der Waals surface area contributed by atoms with Crippen LogP contribution in [0.1, 0.15) is 12.5 Å². The smallest absolute Gasteiger partial charge is 0.205 e. The van der Waals surface area contributed by atoms with Gasteiger partial charge < -0.3 is 10.5 Å². The van der Waals surface area contributed by atoms with E-state index in [2.05, 4.69) is 26.5 Å². The zero-order chi connectivity index (χ0) is 15.8. The zero-order valence-corrected chi connectivity index (χ0v) is 14.7. The van der Waals surface area contributed by atoms with E-state index in [1.54, 1.807) is 32.0 Å². The topological polar surface area (TPSA) is 73.4 Å². The van der Waals surface area contributed by atoms with Crippen LogP contribution in [0.25, 0.3) is 0 Å². The average Bonchev–Trinajstić information content (AvgIpc) is 2.98. The summed E-state index contributed by atoms with van der Waals surface area (Å²) in [6, 6.07) is 8.03. The van der Waals surface area contributed by atoms with E-state index in [9.17, 15) is 0 Å². The number of nitrogens with two attached hydrogens (primary N) is 1. The third-order valence-electron chi connectivity index (χ3n) is 2.42. The van der Waals surface area contributed by atoms with Crippen molar-refractivity contribution in [2.45, 2.75) is 22.2 Å². The fraction of sp³-hybridized carbons (Fsp3) is 0.214. The van der Waals surface area contributed by atoms with Gasteiger partial charge >= 0.3 is 0 Å². The van der Waals surface area contributed by atoms with Crippen molar-refractivity contribution < 1.29 is 4.74 Å². The maximum atomic E-state index is 5.44. The maximum absolute atomic E-state index is 5.44. The van der Waals surface area contributed by atoms with Gasteiger partial charge in [-0.2, -0.15) is 4.37 Å². The van der Waals surface area contributed by atoms with Gasteiger partial charge in [0.15, 0.2) is 4.34 Å². The summed E-state index contributed by atoms with van der Waals surface area (Å²) in [5.74, 6) is 2.25. The second kappa shape index (κ2) is 8.82. The van der Waals surface area contributed by atoms with Crippen LogP contribution in [0.3, 0.4) is 0 Å². The van der Waals surface area contributed by atoms with Gasteiger partial charge in [-0.15, -0.1) is 0 Å². The van der Waals surface area contributed by atoms with Gasteiger partial charge in [-0.3, -0.25) is 0 Å². The van der Waals surface area contributed by atoms with E-state index >= 15 is 0 Å². The number of hydrogen-bond acceptors (Lipinski definition) is 7. The molecule has 0 aliphatic heterocycles. The lowest BCUT2D eigenvalue weighted by Gasteiger charge is -2.01. The lowest BCUT2D eigenvalue weighted by molar-refractivity contribution is 0.414. The van der Waals surface area contributed by atoms with Gasteiger partial charge in [0, 0.05) is 12.0 Å². The summed E-state index contributed by atoms with van der Waals surface area (Å²) >= 11 is 4.50. The number of aromatic nitrogens is 2. The fourth-order valence-corrected chi connectivity index (χ4v) is 3.65. The van der Waals surface area contributed by atoms with Crippen LogP contribution < -0.4 is 10.5 Å². The van der Waals surface area contributed by atoms with E-state index < -0.39 is 0 Å². The monoisotopic (exact) mass is 352 g/mol. The summed E-state index contributed by atoms with van der Waals surface area (Å²) in [4.78, 5) is 8.42. The molecule has 0 atom stereocenters. The molecule has 2 aromatic rings. The molecule has 0 saturated carbocycles. The number of amidine groups is 1. The number of methoxy groups -OCH3 is 1. The molecule has 0 radical (unpaired) electrons. The maximum Gasteiger partial charge on any atom is 0.205 e. The molecule has 2 rings (SSSR count). The Morgan fingerprint density at radius 3 is 2.86 bits per heavy atom. The van der Waals surface area contributed by atoms with Crippen LogP contribution in [0, 0.1) is 0 Å². The molecule has 0 spiro atoms. The number of rotatable bonds is 7. The molecule has 1 heterocycles. The molecule has 22 heavy (non-hydrogen) atoms. The normalized spacial score (nSPS) is 12.0. The summed E-state index contributed by atoms with van der Waals surface area (Å²) in [5, 5.41) is 2.54. The molecule has 0 amide bonds. The molecule has 0 aliphatic carbocycles. The Bertz CT molecular complexity index is 648. The van der Waals surface area contributed by atoms with Crippen LogP contribution in [0.5, 0.6) is 5.75 Å². The first-order chi connectivity index (χ1) is 10.7. The molecule has 116 valence electrons. The van der Waals surface area contributed by atoms with Gasteiger partial charge in [0.1, 0.15) is 5.75 Å². The van der Waals surface area contributed by atoms with E-state index in [0.717, 1.165) is 21.0 Å². The van der Waals surface area contributed by atoms with Gasteiger partial charge in [-0.1, -0.05) is 35.7 Å². The number of thioether (sulfide) groups is 2. The molecule has 5 nitrogen and oxygen atoms in total. The van der Waals surface area contributed by atoms with Crippen molar-refractivity contribution in [3.63, 3.8) is 0 Å². The Kier molecular flexibility index (Phi) is 6.75. The van der Waals surface area contributed by atoms with Crippen molar-refractivity contribution in [2.75, 3.05) is 7.11 Å². The minimum Gasteiger partial charge on any atom is -0.497 e. The average molecular weight is 353 g/mol. The standard InChI is InChI=1S/C14H16N4OS3/c1-10(15)16-7-8-20-13-17-14(22-18-13)21-9-11-3-5-12(19-2)6-4-11/h3-8H,9H2,1-2H3,(H2,15,16)/b8-7+. The van der Waals surface area contributed by atoms with E-state index in [0.29, 0.717) is 5.84 Å². The molecular weight excluding hydrogens is 336 g/mol. The zero-order valence-electron chi connectivity index (χ0n) is 12.2. The molecule has 0 saturated heterocycles. The van der Waals surface area contributed by atoms with Gasteiger partial charge in [-0.25, -0.2) is 9.98 Å². The van der Waals surface area contributed by atoms with E-state index in [1.807, 2.05) is 17.5 Å². The summed E-state index contributed by atoms with van der Waals surface area (Å²) in [6.07, 6.45) is 1.64. The predicted molar refractivity (Wildman–Crippen MR) is 94.8 cm³/mol. The van der Waals surface area contributed by atoms with E-state index in [-0.39, 0.29) is 0 Å². The highest BCUT2D eigenvalue weighted by Gasteiger charge is 2.04. The lowest BCUT2D eigenvalue weighted by atomic mass is 10.2.